The number of hydrogen-bond acceptors (Lipinski definition) is 2. The lowest BCUT2D eigenvalue weighted by Gasteiger charge is -2.29. The van der Waals surface area contributed by atoms with Gasteiger partial charge in [0.1, 0.15) is 11.2 Å². The maximum atomic E-state index is 6.56. The number of hydrogen-bond donors (Lipinski definition) is 0. The van der Waals surface area contributed by atoms with E-state index in [9.17, 15) is 0 Å². The van der Waals surface area contributed by atoms with Crippen LogP contribution in [0.1, 0.15) is 0 Å². The minimum absolute atomic E-state index is 0.896. The molecule has 0 fully saturated rings. The lowest BCUT2D eigenvalue weighted by molar-refractivity contribution is 0.670. The van der Waals surface area contributed by atoms with E-state index in [1.807, 2.05) is 12.1 Å². The molecule has 0 saturated heterocycles. The number of fused-ring (bicyclic) bond motifs is 6. The van der Waals surface area contributed by atoms with E-state index in [1.54, 1.807) is 0 Å². The van der Waals surface area contributed by atoms with Crippen LogP contribution in [0, 0.1) is 0 Å². The Bertz CT molecular complexity index is 3270. The number of rotatable bonds is 7. The molecule has 0 aliphatic heterocycles. The first-order chi connectivity index (χ1) is 28.8. The standard InChI is InChI=1S/C56H37NO/c1-4-18-38(19-5-1)44-26-12-14-32-52(44)57(42-25-16-24-41(36-42)45-30-17-31-50-48-28-13-15-33-53(48)58-56(45)50)43-34-35-47-46-27-10-11-29-49(46)54(39-20-6-2-7-21-39)55(51(47)37-43)40-22-8-3-9-23-40/h1-37H. The van der Waals surface area contributed by atoms with E-state index in [4.69, 9.17) is 4.42 Å². The fourth-order valence-corrected chi connectivity index (χ4v) is 8.87. The molecule has 58 heavy (non-hydrogen) atoms. The highest BCUT2D eigenvalue weighted by Crippen LogP contribution is 2.48. The van der Waals surface area contributed by atoms with Crippen molar-refractivity contribution < 1.29 is 4.42 Å². The summed E-state index contributed by atoms with van der Waals surface area (Å²) in [5.74, 6) is 0. The van der Waals surface area contributed by atoms with Gasteiger partial charge in [-0.1, -0.05) is 188 Å². The van der Waals surface area contributed by atoms with Crippen molar-refractivity contribution in [1.82, 2.24) is 0 Å². The van der Waals surface area contributed by atoms with Crippen LogP contribution in [-0.4, -0.2) is 0 Å². The van der Waals surface area contributed by atoms with Gasteiger partial charge >= 0.3 is 0 Å². The summed E-state index contributed by atoms with van der Waals surface area (Å²) in [6, 6.07) is 80.7. The van der Waals surface area contributed by atoms with Crippen molar-refractivity contribution >= 4 is 60.5 Å². The summed E-state index contributed by atoms with van der Waals surface area (Å²) in [6.07, 6.45) is 0. The van der Waals surface area contributed by atoms with E-state index in [1.165, 1.54) is 43.8 Å². The number of benzene rings is 10. The molecule has 0 saturated carbocycles. The first-order valence-corrected chi connectivity index (χ1v) is 19.8. The zero-order chi connectivity index (χ0) is 38.4. The average Bonchev–Trinajstić information content (AvgIpc) is 3.69. The molecule has 2 heteroatoms. The van der Waals surface area contributed by atoms with E-state index >= 15 is 0 Å². The van der Waals surface area contributed by atoms with Crippen LogP contribution >= 0.6 is 0 Å². The molecule has 0 aliphatic rings. The minimum atomic E-state index is 0.896. The summed E-state index contributed by atoms with van der Waals surface area (Å²) in [4.78, 5) is 2.43. The first-order valence-electron chi connectivity index (χ1n) is 19.8. The van der Waals surface area contributed by atoms with Crippen molar-refractivity contribution in [2.24, 2.45) is 0 Å². The molecule has 0 amide bonds. The highest BCUT2D eigenvalue weighted by Gasteiger charge is 2.22. The smallest absolute Gasteiger partial charge is 0.143 e. The summed E-state index contributed by atoms with van der Waals surface area (Å²) in [5, 5.41) is 7.15. The number of para-hydroxylation sites is 3. The van der Waals surface area contributed by atoms with E-state index in [2.05, 4.69) is 217 Å². The lowest BCUT2D eigenvalue weighted by atomic mass is 9.85. The summed E-state index contributed by atoms with van der Waals surface area (Å²) < 4.78 is 6.56. The average molecular weight is 740 g/mol. The molecule has 2 nitrogen and oxygen atoms in total. The molecule has 0 N–H and O–H groups in total. The zero-order valence-corrected chi connectivity index (χ0v) is 31.7. The monoisotopic (exact) mass is 739 g/mol. The van der Waals surface area contributed by atoms with Crippen LogP contribution < -0.4 is 4.90 Å². The second-order valence-corrected chi connectivity index (χ2v) is 14.8. The molecule has 0 aliphatic carbocycles. The van der Waals surface area contributed by atoms with Gasteiger partial charge < -0.3 is 9.32 Å². The van der Waals surface area contributed by atoms with Gasteiger partial charge in [0.25, 0.3) is 0 Å². The third kappa shape index (κ3) is 5.66. The van der Waals surface area contributed by atoms with Gasteiger partial charge in [0, 0.05) is 33.3 Å². The fraction of sp³-hybridized carbons (Fsp3) is 0. The van der Waals surface area contributed by atoms with Gasteiger partial charge in [0.05, 0.1) is 5.69 Å². The Kier molecular flexibility index (Phi) is 8.19. The Labute approximate surface area is 337 Å². The Morgan fingerprint density at radius 1 is 0.293 bits per heavy atom. The third-order valence-electron chi connectivity index (χ3n) is 11.4. The molecule has 0 radical (unpaired) electrons. The van der Waals surface area contributed by atoms with Gasteiger partial charge in [0.2, 0.25) is 0 Å². The maximum Gasteiger partial charge on any atom is 0.143 e. The molecule has 0 spiro atoms. The summed E-state index contributed by atoms with van der Waals surface area (Å²) in [7, 11) is 0. The topological polar surface area (TPSA) is 16.4 Å². The van der Waals surface area contributed by atoms with Crippen molar-refractivity contribution in [1.29, 1.82) is 0 Å². The molecule has 11 rings (SSSR count). The normalized spacial score (nSPS) is 11.4. The Morgan fingerprint density at radius 2 is 0.810 bits per heavy atom. The molecular weight excluding hydrogens is 703 g/mol. The van der Waals surface area contributed by atoms with Crippen molar-refractivity contribution in [3.8, 4) is 44.5 Å². The Hall–Kier alpha value is -7.68. The van der Waals surface area contributed by atoms with Gasteiger partial charge in [0.15, 0.2) is 0 Å². The molecule has 0 bridgehead atoms. The summed E-state index contributed by atoms with van der Waals surface area (Å²) in [6.45, 7) is 0. The highest BCUT2D eigenvalue weighted by atomic mass is 16.3. The molecule has 1 heterocycles. The molecule has 0 atom stereocenters. The van der Waals surface area contributed by atoms with Crippen LogP contribution in [0.15, 0.2) is 229 Å². The highest BCUT2D eigenvalue weighted by molar-refractivity contribution is 6.22. The van der Waals surface area contributed by atoms with Gasteiger partial charge in [-0.25, -0.2) is 0 Å². The molecular formula is C56H37NO. The largest absolute Gasteiger partial charge is 0.455 e. The summed E-state index contributed by atoms with van der Waals surface area (Å²) in [5.41, 5.74) is 14.3. The van der Waals surface area contributed by atoms with Crippen molar-refractivity contribution in [3.63, 3.8) is 0 Å². The van der Waals surface area contributed by atoms with Crippen LogP contribution in [0.5, 0.6) is 0 Å². The van der Waals surface area contributed by atoms with Crippen LogP contribution in [0.2, 0.25) is 0 Å². The van der Waals surface area contributed by atoms with Gasteiger partial charge in [-0.3, -0.25) is 0 Å². The molecule has 0 unspecified atom stereocenters. The Morgan fingerprint density at radius 3 is 1.57 bits per heavy atom. The Balaban J connectivity index is 1.20. The van der Waals surface area contributed by atoms with E-state index in [0.29, 0.717) is 0 Å². The van der Waals surface area contributed by atoms with Crippen LogP contribution in [0.3, 0.4) is 0 Å². The van der Waals surface area contributed by atoms with Gasteiger partial charge in [-0.15, -0.1) is 0 Å². The van der Waals surface area contributed by atoms with Crippen LogP contribution in [0.25, 0.3) is 88.0 Å². The van der Waals surface area contributed by atoms with Crippen molar-refractivity contribution in [3.05, 3.63) is 224 Å². The number of furan rings is 1. The van der Waals surface area contributed by atoms with Crippen molar-refractivity contribution in [2.75, 3.05) is 4.90 Å². The van der Waals surface area contributed by atoms with Gasteiger partial charge in [-0.2, -0.15) is 0 Å². The minimum Gasteiger partial charge on any atom is -0.455 e. The number of anilines is 3. The third-order valence-corrected chi connectivity index (χ3v) is 11.4. The second-order valence-electron chi connectivity index (χ2n) is 14.8. The maximum absolute atomic E-state index is 6.56. The zero-order valence-electron chi connectivity index (χ0n) is 31.7. The fourth-order valence-electron chi connectivity index (χ4n) is 8.87. The van der Waals surface area contributed by atoms with Crippen LogP contribution in [-0.2, 0) is 0 Å². The molecule has 10 aromatic carbocycles. The van der Waals surface area contributed by atoms with Crippen LogP contribution in [0.4, 0.5) is 17.1 Å². The van der Waals surface area contributed by atoms with E-state index < -0.39 is 0 Å². The number of nitrogens with zero attached hydrogens (tertiary/aromatic N) is 1. The molecule has 1 aromatic heterocycles. The van der Waals surface area contributed by atoms with E-state index in [-0.39, 0.29) is 0 Å². The predicted molar refractivity (Wildman–Crippen MR) is 245 cm³/mol. The SMILES string of the molecule is c1ccc(-c2ccccc2N(c2cccc(-c3cccc4c3oc3ccccc34)c2)c2ccc3c(c2)c(-c2ccccc2)c(-c2ccccc2)c2ccccc23)cc1. The second kappa shape index (κ2) is 14.1. The first kappa shape index (κ1) is 33.6. The summed E-state index contributed by atoms with van der Waals surface area (Å²) >= 11 is 0. The van der Waals surface area contributed by atoms with Gasteiger partial charge in [-0.05, 0) is 91.3 Å². The molecule has 272 valence electrons. The predicted octanol–water partition coefficient (Wildman–Crippen LogP) is 16.0. The lowest BCUT2D eigenvalue weighted by Crippen LogP contribution is -2.11. The quantitative estimate of drug-likeness (QED) is 0.151. The van der Waals surface area contributed by atoms with Crippen molar-refractivity contribution in [2.45, 2.75) is 0 Å². The van der Waals surface area contributed by atoms with E-state index in [0.717, 1.165) is 61.3 Å². The molecule has 11 aromatic rings.